The Morgan fingerprint density at radius 3 is 1.95 bits per heavy atom. The first-order valence-corrected chi connectivity index (χ1v) is 17.9. The van der Waals surface area contributed by atoms with E-state index in [0.29, 0.717) is 6.42 Å². The molecule has 1 saturated carbocycles. The monoisotopic (exact) mass is 601 g/mol. The molecule has 41 heavy (non-hydrogen) atoms. The summed E-state index contributed by atoms with van der Waals surface area (Å²) < 4.78 is 43.5. The molecule has 2 fully saturated rings. The number of amides is 1. The van der Waals surface area contributed by atoms with Crippen LogP contribution in [0.4, 0.5) is 4.79 Å². The maximum Gasteiger partial charge on any atom is 0.410 e. The van der Waals surface area contributed by atoms with Crippen LogP contribution in [0.2, 0.25) is 5.04 Å². The first-order valence-electron chi connectivity index (χ1n) is 14.2. The van der Waals surface area contributed by atoms with Gasteiger partial charge in [0.05, 0.1) is 17.9 Å². The average Bonchev–Trinajstić information content (AvgIpc) is 3.22. The van der Waals surface area contributed by atoms with Gasteiger partial charge in [-0.15, -0.1) is 0 Å². The zero-order valence-electron chi connectivity index (χ0n) is 25.2. The maximum atomic E-state index is 13.7. The van der Waals surface area contributed by atoms with Crippen LogP contribution in [-0.2, 0) is 28.3 Å². The average molecular weight is 602 g/mol. The predicted octanol–water partition coefficient (Wildman–Crippen LogP) is 4.41. The van der Waals surface area contributed by atoms with Crippen molar-refractivity contribution in [1.82, 2.24) is 4.90 Å². The van der Waals surface area contributed by atoms with E-state index >= 15 is 0 Å². The number of carbonyl (C=O) groups excluding carboxylic acids is 2. The minimum absolute atomic E-state index is 0.0928. The maximum absolute atomic E-state index is 13.7. The van der Waals surface area contributed by atoms with Crippen LogP contribution >= 0.6 is 0 Å². The topological polar surface area (TPSA) is 99.2 Å². The molecular weight excluding hydrogens is 558 g/mol. The largest absolute Gasteiger partial charge is 0.444 e. The van der Waals surface area contributed by atoms with Crippen LogP contribution in [0.1, 0.15) is 67.2 Å². The van der Waals surface area contributed by atoms with E-state index in [1.54, 1.807) is 25.7 Å². The van der Waals surface area contributed by atoms with Crippen LogP contribution in [0.15, 0.2) is 60.7 Å². The number of hydrogen-bond donors (Lipinski definition) is 0. The fraction of sp³-hybridized carbons (Fsp3) is 0.548. The summed E-state index contributed by atoms with van der Waals surface area (Å²) in [5.74, 6) is -0.0928. The molecular formula is C31H43NO7SSi. The molecule has 0 aromatic heterocycles. The highest BCUT2D eigenvalue weighted by molar-refractivity contribution is 7.86. The van der Waals surface area contributed by atoms with Crippen molar-refractivity contribution >= 4 is 40.7 Å². The van der Waals surface area contributed by atoms with Gasteiger partial charge in [-0.2, -0.15) is 8.42 Å². The highest BCUT2D eigenvalue weighted by Crippen LogP contribution is 2.47. The standard InChI is InChI=1S/C31H43NO7SSi/c1-29(2,3)37-28(34)32-22-24(21-31(32)19-18-23(33)20-27(31)38-40(7,35)36)39-41(30(4,5)6,25-14-10-8-11-15-25)26-16-12-9-13-17-26/h8-17,24,27H,18-22H2,1-7H3/t24-,27?,31+/m1/s1. The Kier molecular flexibility index (Phi) is 8.64. The van der Waals surface area contributed by atoms with Crippen molar-refractivity contribution in [1.29, 1.82) is 0 Å². The summed E-state index contributed by atoms with van der Waals surface area (Å²) in [6.07, 6.45) is -0.360. The van der Waals surface area contributed by atoms with Gasteiger partial charge in [0, 0.05) is 25.8 Å². The van der Waals surface area contributed by atoms with Crippen molar-refractivity contribution in [2.45, 2.75) is 95.6 Å². The molecule has 3 atom stereocenters. The number of benzene rings is 2. The molecule has 2 aromatic carbocycles. The molecule has 2 aromatic rings. The lowest BCUT2D eigenvalue weighted by Crippen LogP contribution is -2.68. The molecule has 0 radical (unpaired) electrons. The van der Waals surface area contributed by atoms with E-state index in [2.05, 4.69) is 45.0 Å². The van der Waals surface area contributed by atoms with Crippen LogP contribution in [0, 0.1) is 0 Å². The Hall–Kier alpha value is -2.53. The van der Waals surface area contributed by atoms with Crippen LogP contribution in [0.3, 0.4) is 0 Å². The van der Waals surface area contributed by atoms with Gasteiger partial charge >= 0.3 is 6.09 Å². The fourth-order valence-corrected chi connectivity index (χ4v) is 11.8. The Bertz CT molecular complexity index is 1310. The lowest BCUT2D eigenvalue weighted by Gasteiger charge is -2.46. The quantitative estimate of drug-likeness (QED) is 0.357. The summed E-state index contributed by atoms with van der Waals surface area (Å²) in [4.78, 5) is 27.9. The Balaban J connectivity index is 1.84. The molecule has 1 aliphatic carbocycles. The van der Waals surface area contributed by atoms with Crippen molar-refractivity contribution in [2.75, 3.05) is 12.8 Å². The SMILES string of the molecule is CC(C)(C)OC(=O)N1C[C@H](O[Si](c2ccccc2)(c2ccccc2)C(C)(C)C)C[C@]12CCC(=O)CC2OS(C)(=O)=O. The minimum atomic E-state index is -3.92. The van der Waals surface area contributed by atoms with Gasteiger partial charge in [0.1, 0.15) is 17.5 Å². The smallest absolute Gasteiger partial charge is 0.410 e. The van der Waals surface area contributed by atoms with Crippen molar-refractivity contribution in [2.24, 2.45) is 0 Å². The Labute approximate surface area is 245 Å². The van der Waals surface area contributed by atoms with Crippen LogP contribution in [0.25, 0.3) is 0 Å². The van der Waals surface area contributed by atoms with E-state index in [9.17, 15) is 18.0 Å². The number of Topliss-reactive ketones (excluding diaryl/α,β-unsaturated/α-hetero) is 1. The molecule has 8 nitrogen and oxygen atoms in total. The third-order valence-corrected chi connectivity index (χ3v) is 13.7. The summed E-state index contributed by atoms with van der Waals surface area (Å²) >= 11 is 0. The first kappa shape index (κ1) is 31.4. The van der Waals surface area contributed by atoms with Gasteiger partial charge in [0.25, 0.3) is 18.4 Å². The summed E-state index contributed by atoms with van der Waals surface area (Å²) in [7, 11) is -6.91. The zero-order valence-corrected chi connectivity index (χ0v) is 27.0. The number of likely N-dealkylation sites (tertiary alicyclic amines) is 1. The molecule has 1 saturated heterocycles. The van der Waals surface area contributed by atoms with Crippen LogP contribution in [0.5, 0.6) is 0 Å². The molecule has 4 rings (SSSR count). The molecule has 224 valence electrons. The Morgan fingerprint density at radius 1 is 0.951 bits per heavy atom. The zero-order chi connectivity index (χ0) is 30.3. The molecule has 1 heterocycles. The van der Waals surface area contributed by atoms with E-state index in [1.165, 1.54) is 0 Å². The molecule has 1 aliphatic heterocycles. The summed E-state index contributed by atoms with van der Waals surface area (Å²) in [6.45, 7) is 12.1. The second-order valence-electron chi connectivity index (χ2n) is 13.3. The molecule has 2 aliphatic rings. The third-order valence-electron chi connectivity index (χ3n) is 8.02. The van der Waals surface area contributed by atoms with Crippen LogP contribution in [-0.4, -0.2) is 69.7 Å². The molecule has 1 amide bonds. The van der Waals surface area contributed by atoms with Gasteiger partial charge in [-0.05, 0) is 42.6 Å². The highest BCUT2D eigenvalue weighted by Gasteiger charge is 2.60. The van der Waals surface area contributed by atoms with Crippen LogP contribution < -0.4 is 10.4 Å². The Morgan fingerprint density at radius 2 is 1.49 bits per heavy atom. The van der Waals surface area contributed by atoms with Crippen molar-refractivity contribution in [3.8, 4) is 0 Å². The highest BCUT2D eigenvalue weighted by atomic mass is 32.2. The van der Waals surface area contributed by atoms with Gasteiger partial charge < -0.3 is 9.16 Å². The number of ether oxygens (including phenoxy) is 1. The van der Waals surface area contributed by atoms with E-state index in [-0.39, 0.29) is 36.6 Å². The number of nitrogens with zero attached hydrogens (tertiary/aromatic N) is 1. The number of ketones is 1. The molecule has 0 N–H and O–H groups in total. The lowest BCUT2D eigenvalue weighted by atomic mass is 9.76. The van der Waals surface area contributed by atoms with E-state index in [1.807, 2.05) is 36.4 Å². The van der Waals surface area contributed by atoms with Crippen molar-refractivity contribution in [3.05, 3.63) is 60.7 Å². The molecule has 10 heteroatoms. The molecule has 0 bridgehead atoms. The van der Waals surface area contributed by atoms with Gasteiger partial charge in [0.2, 0.25) is 0 Å². The fourth-order valence-electron chi connectivity index (χ4n) is 6.44. The van der Waals surface area contributed by atoms with E-state index < -0.39 is 47.9 Å². The van der Waals surface area contributed by atoms with Crippen molar-refractivity contribution in [3.63, 3.8) is 0 Å². The number of carbonyl (C=O) groups is 2. The van der Waals surface area contributed by atoms with Gasteiger partial charge in [-0.25, -0.2) is 4.79 Å². The predicted molar refractivity (Wildman–Crippen MR) is 161 cm³/mol. The third kappa shape index (κ3) is 6.61. The normalized spacial score (nSPS) is 24.1. The summed E-state index contributed by atoms with van der Waals surface area (Å²) in [5.41, 5.74) is -1.84. The second kappa shape index (κ2) is 11.3. The lowest BCUT2D eigenvalue weighted by molar-refractivity contribution is -0.128. The summed E-state index contributed by atoms with van der Waals surface area (Å²) in [6, 6.07) is 20.5. The van der Waals surface area contributed by atoms with Gasteiger partial charge in [0.15, 0.2) is 0 Å². The molecule has 1 spiro atoms. The minimum Gasteiger partial charge on any atom is -0.444 e. The van der Waals surface area contributed by atoms with Crippen molar-refractivity contribution < 1.29 is 31.4 Å². The van der Waals surface area contributed by atoms with Gasteiger partial charge in [-0.1, -0.05) is 81.4 Å². The van der Waals surface area contributed by atoms with E-state index in [0.717, 1.165) is 16.6 Å². The first-order chi connectivity index (χ1) is 19.0. The number of hydrogen-bond acceptors (Lipinski definition) is 7. The summed E-state index contributed by atoms with van der Waals surface area (Å²) in [5, 5.41) is 1.91. The number of rotatable bonds is 6. The van der Waals surface area contributed by atoms with E-state index in [4.69, 9.17) is 13.3 Å². The molecule has 1 unspecified atom stereocenters. The van der Waals surface area contributed by atoms with Gasteiger partial charge in [-0.3, -0.25) is 13.9 Å². The second-order valence-corrected chi connectivity index (χ2v) is 19.2.